The van der Waals surface area contributed by atoms with E-state index in [4.69, 9.17) is 5.11 Å². The smallest absolute Gasteiger partial charge is 0.337 e. The largest absolute Gasteiger partial charge is 0.478 e. The molecule has 0 unspecified atom stereocenters. The number of carbonyl (C=O) groups excluding carboxylic acids is 1. The molecule has 0 bridgehead atoms. The van der Waals surface area contributed by atoms with Crippen LogP contribution in [0.5, 0.6) is 0 Å². The number of aromatic carboxylic acids is 1. The molecule has 5 nitrogen and oxygen atoms in total. The second-order valence-corrected chi connectivity index (χ2v) is 4.91. The Hall–Kier alpha value is -1.91. The van der Waals surface area contributed by atoms with E-state index in [2.05, 4.69) is 4.98 Å². The van der Waals surface area contributed by atoms with Crippen LogP contribution in [-0.4, -0.2) is 39.0 Å². The lowest BCUT2D eigenvalue weighted by Gasteiger charge is -2.21. The van der Waals surface area contributed by atoms with Gasteiger partial charge < -0.3 is 10.0 Å². The van der Waals surface area contributed by atoms with Gasteiger partial charge in [0.2, 0.25) is 0 Å². The van der Waals surface area contributed by atoms with Crippen LogP contribution in [0, 0.1) is 0 Å². The molecule has 1 aromatic heterocycles. The van der Waals surface area contributed by atoms with Crippen molar-refractivity contribution in [2.45, 2.75) is 37.8 Å². The molecule has 0 atom stereocenters. The summed E-state index contributed by atoms with van der Waals surface area (Å²) in [5.41, 5.74) is 0.453. The van der Waals surface area contributed by atoms with Gasteiger partial charge in [-0.3, -0.25) is 9.78 Å². The molecule has 5 heteroatoms. The van der Waals surface area contributed by atoms with E-state index in [0.717, 1.165) is 25.7 Å². The summed E-state index contributed by atoms with van der Waals surface area (Å²) in [6, 6.07) is 3.70. The lowest BCUT2D eigenvalue weighted by atomic mass is 10.2. The molecule has 18 heavy (non-hydrogen) atoms. The van der Waals surface area contributed by atoms with Crippen molar-refractivity contribution in [1.82, 2.24) is 9.88 Å². The van der Waals surface area contributed by atoms with Crippen molar-refractivity contribution < 1.29 is 14.7 Å². The van der Waals surface area contributed by atoms with E-state index in [9.17, 15) is 9.59 Å². The number of hydrogen-bond donors (Lipinski definition) is 1. The Morgan fingerprint density at radius 1 is 1.17 bits per heavy atom. The van der Waals surface area contributed by atoms with E-state index in [0.29, 0.717) is 17.8 Å². The van der Waals surface area contributed by atoms with E-state index in [-0.39, 0.29) is 11.5 Å². The second kappa shape index (κ2) is 4.08. The first-order chi connectivity index (χ1) is 8.66. The van der Waals surface area contributed by atoms with Crippen molar-refractivity contribution in [3.05, 3.63) is 29.6 Å². The molecule has 2 saturated carbocycles. The zero-order valence-electron chi connectivity index (χ0n) is 9.87. The van der Waals surface area contributed by atoms with Gasteiger partial charge in [0.15, 0.2) is 0 Å². The molecule has 0 radical (unpaired) electrons. The van der Waals surface area contributed by atoms with Gasteiger partial charge in [0.25, 0.3) is 5.91 Å². The van der Waals surface area contributed by atoms with Crippen LogP contribution in [0.3, 0.4) is 0 Å². The zero-order valence-corrected chi connectivity index (χ0v) is 9.87. The number of carboxylic acids is 1. The lowest BCUT2D eigenvalue weighted by Crippen LogP contribution is -2.35. The number of rotatable bonds is 4. The predicted molar refractivity (Wildman–Crippen MR) is 63.4 cm³/mol. The maximum Gasteiger partial charge on any atom is 0.337 e. The Balaban J connectivity index is 1.80. The van der Waals surface area contributed by atoms with Crippen molar-refractivity contribution in [2.24, 2.45) is 0 Å². The van der Waals surface area contributed by atoms with Crippen LogP contribution in [0.15, 0.2) is 18.3 Å². The van der Waals surface area contributed by atoms with Crippen LogP contribution in [-0.2, 0) is 0 Å². The molecule has 1 heterocycles. The van der Waals surface area contributed by atoms with E-state index >= 15 is 0 Å². The Bertz CT molecular complexity index is 477. The predicted octanol–water partition coefficient (Wildman–Crippen LogP) is 1.55. The van der Waals surface area contributed by atoms with Crippen LogP contribution in [0.2, 0.25) is 0 Å². The minimum atomic E-state index is -1.03. The van der Waals surface area contributed by atoms with E-state index in [1.54, 1.807) is 0 Å². The molecule has 0 spiro atoms. The van der Waals surface area contributed by atoms with Crippen LogP contribution < -0.4 is 0 Å². The summed E-state index contributed by atoms with van der Waals surface area (Å²) in [5, 5.41) is 8.78. The fraction of sp³-hybridized carbons (Fsp3) is 0.462. The second-order valence-electron chi connectivity index (χ2n) is 4.91. The minimum Gasteiger partial charge on any atom is -0.478 e. The summed E-state index contributed by atoms with van der Waals surface area (Å²) in [4.78, 5) is 28.9. The highest BCUT2D eigenvalue weighted by atomic mass is 16.4. The first-order valence-corrected chi connectivity index (χ1v) is 6.19. The number of hydrogen-bond acceptors (Lipinski definition) is 3. The quantitative estimate of drug-likeness (QED) is 0.875. The summed E-state index contributed by atoms with van der Waals surface area (Å²) in [7, 11) is 0. The molecule has 2 aliphatic rings. The number of carbonyl (C=O) groups is 2. The van der Waals surface area contributed by atoms with Gasteiger partial charge in [0.1, 0.15) is 5.69 Å². The van der Waals surface area contributed by atoms with E-state index in [1.807, 2.05) is 4.90 Å². The van der Waals surface area contributed by atoms with Crippen LogP contribution in [0.25, 0.3) is 0 Å². The molecule has 2 aliphatic carbocycles. The summed E-state index contributed by atoms with van der Waals surface area (Å²) in [6.07, 6.45) is 5.56. The van der Waals surface area contributed by atoms with Crippen molar-refractivity contribution in [3.8, 4) is 0 Å². The molecule has 2 fully saturated rings. The minimum absolute atomic E-state index is 0.0584. The van der Waals surface area contributed by atoms with Crippen molar-refractivity contribution in [3.63, 3.8) is 0 Å². The van der Waals surface area contributed by atoms with Gasteiger partial charge in [0, 0.05) is 18.3 Å². The molecular formula is C13H14N2O3. The summed E-state index contributed by atoms with van der Waals surface area (Å²) in [5.74, 6) is -1.08. The molecule has 0 aliphatic heterocycles. The van der Waals surface area contributed by atoms with Crippen molar-refractivity contribution in [2.75, 3.05) is 0 Å². The Labute approximate surface area is 104 Å². The fourth-order valence-electron chi connectivity index (χ4n) is 2.11. The van der Waals surface area contributed by atoms with Gasteiger partial charge in [-0.2, -0.15) is 0 Å². The van der Waals surface area contributed by atoms with E-state index in [1.165, 1.54) is 18.3 Å². The molecule has 0 saturated heterocycles. The van der Waals surface area contributed by atoms with Gasteiger partial charge in [-0.25, -0.2) is 4.79 Å². The molecule has 1 amide bonds. The summed E-state index contributed by atoms with van der Waals surface area (Å²) >= 11 is 0. The highest BCUT2D eigenvalue weighted by Crippen LogP contribution is 2.38. The van der Waals surface area contributed by atoms with E-state index < -0.39 is 5.97 Å². The standard InChI is InChI=1S/C13H14N2O3/c16-12(15(9-2-3-9)10-4-5-10)11-6-1-8(7-14-11)13(17)18/h1,6-7,9-10H,2-5H2,(H,17,18). The molecular weight excluding hydrogens is 232 g/mol. The maximum absolute atomic E-state index is 12.3. The maximum atomic E-state index is 12.3. The van der Waals surface area contributed by atoms with Crippen LogP contribution in [0.1, 0.15) is 46.5 Å². The van der Waals surface area contributed by atoms with Gasteiger partial charge in [-0.05, 0) is 37.8 Å². The topological polar surface area (TPSA) is 70.5 Å². The third kappa shape index (κ3) is 2.08. The normalized spacial score (nSPS) is 18.4. The first-order valence-electron chi connectivity index (χ1n) is 6.19. The number of carboxylic acid groups (broad SMARTS) is 1. The lowest BCUT2D eigenvalue weighted by molar-refractivity contribution is 0.0689. The fourth-order valence-corrected chi connectivity index (χ4v) is 2.11. The molecule has 1 aromatic rings. The Morgan fingerprint density at radius 3 is 2.17 bits per heavy atom. The molecule has 1 N–H and O–H groups in total. The zero-order chi connectivity index (χ0) is 12.7. The molecule has 94 valence electrons. The summed E-state index contributed by atoms with van der Waals surface area (Å²) < 4.78 is 0. The van der Waals surface area contributed by atoms with Crippen molar-refractivity contribution >= 4 is 11.9 Å². The molecule has 0 aromatic carbocycles. The molecule has 3 rings (SSSR count). The van der Waals surface area contributed by atoms with Crippen molar-refractivity contribution in [1.29, 1.82) is 0 Å². The summed E-state index contributed by atoms with van der Waals surface area (Å²) in [6.45, 7) is 0. The van der Waals surface area contributed by atoms with Crippen LogP contribution in [0.4, 0.5) is 0 Å². The third-order valence-electron chi connectivity index (χ3n) is 3.34. The van der Waals surface area contributed by atoms with Gasteiger partial charge in [-0.1, -0.05) is 0 Å². The van der Waals surface area contributed by atoms with Gasteiger partial charge >= 0.3 is 5.97 Å². The Kier molecular flexibility index (Phi) is 2.54. The first kappa shape index (κ1) is 11.2. The van der Waals surface area contributed by atoms with Gasteiger partial charge in [-0.15, -0.1) is 0 Å². The highest BCUT2D eigenvalue weighted by molar-refractivity contribution is 5.94. The average molecular weight is 246 g/mol. The number of nitrogens with zero attached hydrogens (tertiary/aromatic N) is 2. The van der Waals surface area contributed by atoms with Gasteiger partial charge in [0.05, 0.1) is 5.56 Å². The number of aromatic nitrogens is 1. The Morgan fingerprint density at radius 2 is 1.78 bits per heavy atom. The number of pyridine rings is 1. The average Bonchev–Trinajstić information content (AvgIpc) is 3.23. The highest BCUT2D eigenvalue weighted by Gasteiger charge is 2.42. The third-order valence-corrected chi connectivity index (χ3v) is 3.34. The number of amides is 1. The van der Waals surface area contributed by atoms with Crippen LogP contribution >= 0.6 is 0 Å². The monoisotopic (exact) mass is 246 g/mol. The SMILES string of the molecule is O=C(O)c1ccc(C(=O)N(C2CC2)C2CC2)nc1.